The van der Waals surface area contributed by atoms with Gasteiger partial charge < -0.3 is 20.1 Å². The molecule has 1 unspecified atom stereocenters. The van der Waals surface area contributed by atoms with Crippen LogP contribution in [0.5, 0.6) is 5.75 Å². The molecule has 0 saturated carbocycles. The van der Waals surface area contributed by atoms with Crippen LogP contribution in [0.25, 0.3) is 0 Å². The average Bonchev–Trinajstić information content (AvgIpc) is 2.49. The Balaban J connectivity index is 1.89. The molecule has 1 fully saturated rings. The molecule has 0 amide bonds. The molecule has 4 nitrogen and oxygen atoms in total. The molecule has 0 radical (unpaired) electrons. The van der Waals surface area contributed by atoms with Gasteiger partial charge in [0.25, 0.3) is 0 Å². The van der Waals surface area contributed by atoms with Gasteiger partial charge in [-0.05, 0) is 38.8 Å². The van der Waals surface area contributed by atoms with Gasteiger partial charge in [0.05, 0.1) is 6.61 Å². The molecule has 21 heavy (non-hydrogen) atoms. The molecule has 1 aromatic carbocycles. The van der Waals surface area contributed by atoms with Crippen molar-refractivity contribution in [3.05, 3.63) is 29.8 Å². The van der Waals surface area contributed by atoms with E-state index in [0.29, 0.717) is 6.61 Å². The molecule has 1 heterocycles. The number of hydrogen-bond acceptors (Lipinski definition) is 4. The van der Waals surface area contributed by atoms with Crippen molar-refractivity contribution >= 4 is 0 Å². The van der Waals surface area contributed by atoms with E-state index in [4.69, 9.17) is 15.2 Å². The fourth-order valence-corrected chi connectivity index (χ4v) is 2.95. The Labute approximate surface area is 128 Å². The first-order valence-electron chi connectivity index (χ1n) is 7.94. The van der Waals surface area contributed by atoms with Gasteiger partial charge in [-0.2, -0.15) is 0 Å². The fraction of sp³-hybridized carbons (Fsp3) is 0.647. The predicted octanol–water partition coefficient (Wildman–Crippen LogP) is 2.44. The van der Waals surface area contributed by atoms with Crippen LogP contribution in [0.4, 0.5) is 0 Å². The van der Waals surface area contributed by atoms with Crippen molar-refractivity contribution in [3.8, 4) is 5.75 Å². The minimum atomic E-state index is -0.0161. The second-order valence-electron chi connectivity index (χ2n) is 5.85. The Hall–Kier alpha value is -1.10. The van der Waals surface area contributed by atoms with Crippen LogP contribution in [0, 0.1) is 5.92 Å². The zero-order chi connectivity index (χ0) is 15.1. The van der Waals surface area contributed by atoms with Gasteiger partial charge in [0.2, 0.25) is 0 Å². The van der Waals surface area contributed by atoms with Crippen LogP contribution in [-0.2, 0) is 4.74 Å². The molecule has 1 aromatic rings. The summed E-state index contributed by atoms with van der Waals surface area (Å²) in [6.07, 6.45) is 2.32. The maximum absolute atomic E-state index is 6.39. The lowest BCUT2D eigenvalue weighted by molar-refractivity contribution is 0.0551. The summed E-state index contributed by atoms with van der Waals surface area (Å²) in [7, 11) is 2.15. The third-order valence-corrected chi connectivity index (χ3v) is 4.04. The van der Waals surface area contributed by atoms with E-state index in [2.05, 4.69) is 18.0 Å². The normalized spacial score (nSPS) is 17.9. The number of likely N-dealkylation sites (N-methyl/N-ethyl adjacent to an activating group) is 1. The largest absolute Gasteiger partial charge is 0.494 e. The SMILES string of the molecule is CCOc1ccccc1C(N)CN(C)CC1CCOCC1. The minimum absolute atomic E-state index is 0.0161. The maximum Gasteiger partial charge on any atom is 0.124 e. The number of ether oxygens (including phenoxy) is 2. The lowest BCUT2D eigenvalue weighted by Crippen LogP contribution is -2.34. The Morgan fingerprint density at radius 2 is 2.05 bits per heavy atom. The van der Waals surface area contributed by atoms with Crippen LogP contribution >= 0.6 is 0 Å². The van der Waals surface area contributed by atoms with Crippen LogP contribution in [-0.4, -0.2) is 44.9 Å². The van der Waals surface area contributed by atoms with Gasteiger partial charge in [0, 0.05) is 37.9 Å². The van der Waals surface area contributed by atoms with Gasteiger partial charge in [-0.15, -0.1) is 0 Å². The third kappa shape index (κ3) is 4.99. The summed E-state index contributed by atoms with van der Waals surface area (Å²) in [5.41, 5.74) is 7.48. The highest BCUT2D eigenvalue weighted by Gasteiger charge is 2.18. The third-order valence-electron chi connectivity index (χ3n) is 4.04. The Morgan fingerprint density at radius 1 is 1.33 bits per heavy atom. The molecule has 1 aliphatic rings. The van der Waals surface area contributed by atoms with Crippen molar-refractivity contribution in [1.82, 2.24) is 4.90 Å². The molecule has 0 aliphatic carbocycles. The van der Waals surface area contributed by atoms with Crippen molar-refractivity contribution in [2.45, 2.75) is 25.8 Å². The first-order valence-corrected chi connectivity index (χ1v) is 7.94. The number of benzene rings is 1. The van der Waals surface area contributed by atoms with E-state index in [-0.39, 0.29) is 6.04 Å². The molecule has 0 spiro atoms. The monoisotopic (exact) mass is 292 g/mol. The second-order valence-corrected chi connectivity index (χ2v) is 5.85. The summed E-state index contributed by atoms with van der Waals surface area (Å²) in [4.78, 5) is 2.34. The van der Waals surface area contributed by atoms with Crippen LogP contribution in [0.15, 0.2) is 24.3 Å². The summed E-state index contributed by atoms with van der Waals surface area (Å²) in [5.74, 6) is 1.64. The van der Waals surface area contributed by atoms with Gasteiger partial charge in [-0.25, -0.2) is 0 Å². The average molecular weight is 292 g/mol. The molecule has 0 bridgehead atoms. The van der Waals surface area contributed by atoms with Crippen molar-refractivity contribution in [2.24, 2.45) is 11.7 Å². The number of rotatable bonds is 7. The molecule has 118 valence electrons. The molecule has 1 aliphatic heterocycles. The number of para-hydroxylation sites is 1. The molecule has 1 atom stereocenters. The number of hydrogen-bond donors (Lipinski definition) is 1. The number of nitrogens with zero attached hydrogens (tertiary/aromatic N) is 1. The quantitative estimate of drug-likeness (QED) is 0.838. The summed E-state index contributed by atoms with van der Waals surface area (Å²) in [5, 5.41) is 0. The zero-order valence-electron chi connectivity index (χ0n) is 13.3. The van der Waals surface area contributed by atoms with E-state index < -0.39 is 0 Å². The molecule has 2 rings (SSSR count). The highest BCUT2D eigenvalue weighted by Crippen LogP contribution is 2.24. The molecular weight excluding hydrogens is 264 g/mol. The summed E-state index contributed by atoms with van der Waals surface area (Å²) in [6.45, 7) is 6.41. The zero-order valence-corrected chi connectivity index (χ0v) is 13.3. The molecule has 1 saturated heterocycles. The highest BCUT2D eigenvalue weighted by molar-refractivity contribution is 5.35. The summed E-state index contributed by atoms with van der Waals surface area (Å²) in [6, 6.07) is 8.07. The Bertz CT molecular complexity index is 419. The first kappa shape index (κ1) is 16.3. The van der Waals surface area contributed by atoms with Gasteiger partial charge in [0.1, 0.15) is 5.75 Å². The molecule has 0 aromatic heterocycles. The maximum atomic E-state index is 6.39. The standard InChI is InChI=1S/C17H28N2O2/c1-3-21-17-7-5-4-6-15(17)16(18)13-19(2)12-14-8-10-20-11-9-14/h4-7,14,16H,3,8-13,18H2,1-2H3. The van der Waals surface area contributed by atoms with Crippen LogP contribution in [0.1, 0.15) is 31.4 Å². The lowest BCUT2D eigenvalue weighted by atomic mass is 9.99. The van der Waals surface area contributed by atoms with E-state index in [1.54, 1.807) is 0 Å². The van der Waals surface area contributed by atoms with Gasteiger partial charge in [-0.3, -0.25) is 0 Å². The van der Waals surface area contributed by atoms with Crippen LogP contribution in [0.3, 0.4) is 0 Å². The highest BCUT2D eigenvalue weighted by atomic mass is 16.5. The first-order chi connectivity index (χ1) is 10.2. The lowest BCUT2D eigenvalue weighted by Gasteiger charge is -2.29. The molecule has 2 N–H and O–H groups in total. The van der Waals surface area contributed by atoms with Crippen molar-refractivity contribution < 1.29 is 9.47 Å². The number of nitrogens with two attached hydrogens (primary N) is 1. The topological polar surface area (TPSA) is 47.7 Å². The van der Waals surface area contributed by atoms with Crippen LogP contribution < -0.4 is 10.5 Å². The Morgan fingerprint density at radius 3 is 2.76 bits per heavy atom. The van der Waals surface area contributed by atoms with E-state index in [9.17, 15) is 0 Å². The van der Waals surface area contributed by atoms with E-state index in [0.717, 1.165) is 56.4 Å². The summed E-state index contributed by atoms with van der Waals surface area (Å²) < 4.78 is 11.1. The van der Waals surface area contributed by atoms with E-state index in [1.807, 2.05) is 25.1 Å². The molecular formula is C17H28N2O2. The van der Waals surface area contributed by atoms with Crippen molar-refractivity contribution in [1.29, 1.82) is 0 Å². The minimum Gasteiger partial charge on any atom is -0.494 e. The van der Waals surface area contributed by atoms with Crippen molar-refractivity contribution in [2.75, 3.05) is 40.0 Å². The Kier molecular flexibility index (Phi) is 6.49. The predicted molar refractivity (Wildman–Crippen MR) is 85.6 cm³/mol. The fourth-order valence-electron chi connectivity index (χ4n) is 2.95. The van der Waals surface area contributed by atoms with Crippen molar-refractivity contribution in [3.63, 3.8) is 0 Å². The van der Waals surface area contributed by atoms with Gasteiger partial charge >= 0.3 is 0 Å². The van der Waals surface area contributed by atoms with Crippen LogP contribution in [0.2, 0.25) is 0 Å². The van der Waals surface area contributed by atoms with Gasteiger partial charge in [0.15, 0.2) is 0 Å². The van der Waals surface area contributed by atoms with E-state index in [1.165, 1.54) is 0 Å². The molecule has 4 heteroatoms. The van der Waals surface area contributed by atoms with E-state index >= 15 is 0 Å². The smallest absolute Gasteiger partial charge is 0.124 e. The summed E-state index contributed by atoms with van der Waals surface area (Å²) >= 11 is 0. The van der Waals surface area contributed by atoms with Gasteiger partial charge in [-0.1, -0.05) is 18.2 Å². The second kappa shape index (κ2) is 8.37.